The van der Waals surface area contributed by atoms with E-state index >= 15 is 0 Å². The third-order valence-corrected chi connectivity index (χ3v) is 18.5. The molecule has 6 rings (SSSR count). The van der Waals surface area contributed by atoms with Crippen LogP contribution in [0, 0.1) is 5.92 Å². The first-order chi connectivity index (χ1) is 50.4. The van der Waals surface area contributed by atoms with Crippen LogP contribution in [0.5, 0.6) is 5.75 Å². The molecule has 20 N–H and O–H groups in total. The SMILES string of the molecule is CCCCCCCCCCCCCC(=O)N[C@H](CCCCNC(=O)[C@H](Cc1ccc(O)cc1)NC(=O)[C@H](CO)NC(=O)[C@H](Cc1c[nH]c2ccccc12)NC(=O)[C@H](Cc1cnc[nH]1)NC(=O)[C@@H]1CCC(=O)N1)C(=O)N[C@@H](CC(C)C)C(=O)N[C@@H](CCCN=C(N)N)C(=O)N1CCC[C@H]1C(=O)NCC(N)=O. The Labute approximate surface area is 612 Å². The maximum absolute atomic E-state index is 14.6. The van der Waals surface area contributed by atoms with Gasteiger partial charge in [-0.3, -0.25) is 62.5 Å². The maximum Gasteiger partial charge on any atom is 0.245 e. The van der Waals surface area contributed by atoms with Crippen LogP contribution < -0.4 is 70.4 Å². The number of nitrogens with one attached hydrogen (secondary N) is 12. The van der Waals surface area contributed by atoms with Crippen LogP contribution in [-0.4, -0.2) is 194 Å². The van der Waals surface area contributed by atoms with Crippen molar-refractivity contribution in [1.82, 2.24) is 73.0 Å². The van der Waals surface area contributed by atoms with Crippen LogP contribution in [0.25, 0.3) is 10.9 Å². The predicted octanol–water partition coefficient (Wildman–Crippen LogP) is 0.969. The first-order valence-electron chi connectivity index (χ1n) is 36.9. The molecule has 2 aliphatic rings. The first kappa shape index (κ1) is 83.8. The number of primary amides is 1. The number of carbonyl (C=O) groups is 12. The summed E-state index contributed by atoms with van der Waals surface area (Å²) in [6, 6.07) is 1.84. The number of unbranched alkanes of at least 4 members (excludes halogenated alkanes) is 11. The van der Waals surface area contributed by atoms with Crippen molar-refractivity contribution < 1.29 is 67.7 Å². The Hall–Kier alpha value is -10.1. The van der Waals surface area contributed by atoms with E-state index in [1.54, 1.807) is 24.4 Å². The average Bonchev–Trinajstić information content (AvgIpc) is 1.72. The number of aliphatic hydroxyl groups excluding tert-OH is 1. The summed E-state index contributed by atoms with van der Waals surface area (Å²) in [5, 5.41) is 48.7. The van der Waals surface area contributed by atoms with Gasteiger partial charge in [0, 0.05) is 80.7 Å². The zero-order valence-corrected chi connectivity index (χ0v) is 60.7. The van der Waals surface area contributed by atoms with Crippen molar-refractivity contribution in [1.29, 1.82) is 0 Å². The Balaban J connectivity index is 1.15. The Morgan fingerprint density at radius 2 is 1.24 bits per heavy atom. The highest BCUT2D eigenvalue weighted by Gasteiger charge is 2.40. The summed E-state index contributed by atoms with van der Waals surface area (Å²) < 4.78 is 0. The normalized spacial score (nSPS) is 16.1. The highest BCUT2D eigenvalue weighted by Crippen LogP contribution is 2.23. The number of aliphatic hydroxyl groups is 1. The van der Waals surface area contributed by atoms with E-state index in [-0.39, 0.29) is 126 Å². The minimum Gasteiger partial charge on any atom is -0.508 e. The zero-order chi connectivity index (χ0) is 76.2. The van der Waals surface area contributed by atoms with E-state index in [1.165, 1.54) is 61.7 Å². The number of rotatable bonds is 48. The third-order valence-electron chi connectivity index (χ3n) is 18.5. The smallest absolute Gasteiger partial charge is 0.245 e. The molecule has 2 saturated heterocycles. The molecular formula is C73H110N18O14. The Kier molecular flexibility index (Phi) is 35.5. The van der Waals surface area contributed by atoms with Crippen molar-refractivity contribution in [2.24, 2.45) is 28.1 Å². The Morgan fingerprint density at radius 3 is 1.88 bits per heavy atom. The van der Waals surface area contributed by atoms with Crippen molar-refractivity contribution in [3.8, 4) is 5.75 Å². The van der Waals surface area contributed by atoms with Crippen LogP contribution in [0.3, 0.4) is 0 Å². The molecular weight excluding hydrogens is 1350 g/mol. The fraction of sp³-hybridized carbons (Fsp3) is 0.589. The molecule has 0 saturated carbocycles. The molecule has 2 fully saturated rings. The van der Waals surface area contributed by atoms with Crippen LogP contribution in [0.4, 0.5) is 0 Å². The summed E-state index contributed by atoms with van der Waals surface area (Å²) in [4.78, 5) is 181. The molecule has 4 heterocycles. The molecule has 576 valence electrons. The van der Waals surface area contributed by atoms with Crippen LogP contribution in [0.1, 0.15) is 179 Å². The van der Waals surface area contributed by atoms with E-state index in [2.05, 4.69) is 80.0 Å². The summed E-state index contributed by atoms with van der Waals surface area (Å²) in [5.74, 6) is -8.47. The minimum absolute atomic E-state index is 0.0179. The number of benzene rings is 2. The predicted molar refractivity (Wildman–Crippen MR) is 392 cm³/mol. The van der Waals surface area contributed by atoms with Crippen molar-refractivity contribution in [3.05, 3.63) is 84.1 Å². The lowest BCUT2D eigenvalue weighted by Gasteiger charge is -2.30. The number of fused-ring (bicyclic) bond motifs is 1. The standard InChI is InChI=1S/C73H110N18O14/c1-4-5-6-7-8-9-10-11-12-13-14-26-62(95)83-52(65(98)86-55(36-45(2)3)67(100)85-54(24-19-34-79-73(75)76)72(105)91-35-20-25-60(91)71(104)81-42-61(74)94)23-17-18-33-78-64(97)56(37-46-27-29-49(93)30-28-46)87-70(103)59(43-92)90-68(101)57(38-47-40-80-51-22-16-15-21-50(47)51)88-69(102)58(39-48-41-77-44-82-48)89-66(99)53-31-32-63(96)84-53/h15-16,21-22,27-30,40-41,44-45,52-60,80,92-93H,4-14,17-20,23-26,31-39,42-43H2,1-3H3,(H2,74,94)(H,77,82)(H,78,97)(H,81,104)(H,83,95)(H,84,96)(H,85,100)(H,86,98)(H,87,103)(H,88,102)(H,89,99)(H,90,101)(H4,75,76,79)/t52-,53+,54+,55+,56+,57+,58+,59+,60+/m1/s1. The number of aromatic amines is 2. The lowest BCUT2D eigenvalue weighted by atomic mass is 10.0. The molecule has 2 aromatic carbocycles. The summed E-state index contributed by atoms with van der Waals surface area (Å²) >= 11 is 0. The number of aromatic nitrogens is 3. The molecule has 0 unspecified atom stereocenters. The van der Waals surface area contributed by atoms with Gasteiger partial charge in [0.1, 0.15) is 60.1 Å². The number of para-hydroxylation sites is 1. The number of aliphatic imine (C=N–C) groups is 1. The third kappa shape index (κ3) is 29.1. The van der Waals surface area contributed by atoms with Gasteiger partial charge < -0.3 is 95.4 Å². The number of H-pyrrole nitrogens is 2. The van der Waals surface area contributed by atoms with Gasteiger partial charge in [-0.2, -0.15) is 0 Å². The van der Waals surface area contributed by atoms with Crippen LogP contribution in [-0.2, 0) is 76.8 Å². The number of guanidine groups is 1. The number of phenols is 1. The van der Waals surface area contributed by atoms with E-state index in [0.29, 0.717) is 36.1 Å². The van der Waals surface area contributed by atoms with E-state index < -0.39 is 127 Å². The van der Waals surface area contributed by atoms with Gasteiger partial charge in [-0.15, -0.1) is 0 Å². The number of phenolic OH excluding ortho intramolecular Hbond substituents is 1. The molecule has 4 aromatic rings. The highest BCUT2D eigenvalue weighted by molar-refractivity contribution is 5.99. The first-order valence-corrected chi connectivity index (χ1v) is 36.9. The second-order valence-electron chi connectivity index (χ2n) is 27.6. The summed E-state index contributed by atoms with van der Waals surface area (Å²) in [6.07, 6.45) is 17.9. The van der Waals surface area contributed by atoms with Gasteiger partial charge in [0.15, 0.2) is 5.96 Å². The van der Waals surface area contributed by atoms with E-state index in [1.807, 2.05) is 32.0 Å². The molecule has 0 aliphatic carbocycles. The van der Waals surface area contributed by atoms with Crippen molar-refractivity contribution in [2.45, 2.75) is 236 Å². The van der Waals surface area contributed by atoms with Crippen LogP contribution in [0.15, 0.2) is 72.2 Å². The van der Waals surface area contributed by atoms with Gasteiger partial charge in [0.25, 0.3) is 0 Å². The molecule has 32 heteroatoms. The second-order valence-corrected chi connectivity index (χ2v) is 27.6. The summed E-state index contributed by atoms with van der Waals surface area (Å²) in [5.41, 5.74) is 18.7. The van der Waals surface area contributed by atoms with Gasteiger partial charge >= 0.3 is 0 Å². The Bertz CT molecular complexity index is 3530. The minimum atomic E-state index is -1.70. The Morgan fingerprint density at radius 1 is 0.629 bits per heavy atom. The zero-order valence-electron chi connectivity index (χ0n) is 60.7. The molecule has 2 aromatic heterocycles. The average molecular weight is 1460 g/mol. The number of hydrogen-bond acceptors (Lipinski definition) is 16. The second kappa shape index (κ2) is 44.5. The van der Waals surface area contributed by atoms with E-state index in [0.717, 1.165) is 43.0 Å². The van der Waals surface area contributed by atoms with Gasteiger partial charge in [-0.1, -0.05) is 115 Å². The number of aromatic hydroxyl groups is 1. The number of carbonyl (C=O) groups excluding carboxylic acids is 12. The quantitative estimate of drug-likeness (QED) is 0.0166. The molecule has 12 amide bonds. The lowest BCUT2D eigenvalue weighted by molar-refractivity contribution is -0.142. The summed E-state index contributed by atoms with van der Waals surface area (Å²) in [6.45, 7) is 4.74. The maximum atomic E-state index is 14.6. The van der Waals surface area contributed by atoms with E-state index in [4.69, 9.17) is 17.2 Å². The summed E-state index contributed by atoms with van der Waals surface area (Å²) in [7, 11) is 0. The van der Waals surface area contributed by atoms with Crippen molar-refractivity contribution in [2.75, 3.05) is 32.8 Å². The fourth-order valence-electron chi connectivity index (χ4n) is 12.8. The van der Waals surface area contributed by atoms with E-state index in [9.17, 15) is 67.7 Å². The molecule has 9 atom stereocenters. The highest BCUT2D eigenvalue weighted by atomic mass is 16.3. The van der Waals surface area contributed by atoms with Crippen molar-refractivity contribution >= 4 is 87.7 Å². The van der Waals surface area contributed by atoms with Gasteiger partial charge in [0.05, 0.1) is 19.5 Å². The largest absolute Gasteiger partial charge is 0.508 e. The number of likely N-dealkylation sites (tertiary alicyclic amines) is 1. The lowest BCUT2D eigenvalue weighted by Crippen LogP contribution is -2.60. The monoisotopic (exact) mass is 1460 g/mol. The van der Waals surface area contributed by atoms with Gasteiger partial charge in [-0.25, -0.2) is 4.98 Å². The van der Waals surface area contributed by atoms with Crippen molar-refractivity contribution in [3.63, 3.8) is 0 Å². The molecule has 2 aliphatic heterocycles. The van der Waals surface area contributed by atoms with Gasteiger partial charge in [0.2, 0.25) is 70.9 Å². The number of hydrogen-bond donors (Lipinski definition) is 17. The number of nitrogens with two attached hydrogens (primary N) is 3. The van der Waals surface area contributed by atoms with Crippen LogP contribution in [0.2, 0.25) is 0 Å². The molecule has 32 nitrogen and oxygen atoms in total. The number of amides is 12. The number of nitrogens with zero attached hydrogens (tertiary/aromatic N) is 3. The number of imidazole rings is 1. The molecule has 0 spiro atoms. The molecule has 0 bridgehead atoms. The van der Waals surface area contributed by atoms with Crippen LogP contribution >= 0.6 is 0 Å². The molecule has 0 radical (unpaired) electrons. The molecule has 105 heavy (non-hydrogen) atoms. The fourth-order valence-corrected chi connectivity index (χ4v) is 12.8. The topological polar surface area (TPSA) is 504 Å². The van der Waals surface area contributed by atoms with Gasteiger partial charge in [-0.05, 0) is 99.5 Å².